The van der Waals surface area contributed by atoms with Crippen molar-refractivity contribution in [3.05, 3.63) is 76.0 Å². The van der Waals surface area contributed by atoms with E-state index < -0.39 is 17.6 Å². The number of nitrogens with one attached hydrogen (secondary N) is 1. The van der Waals surface area contributed by atoms with E-state index in [0.717, 1.165) is 34.8 Å². The summed E-state index contributed by atoms with van der Waals surface area (Å²) in [6.45, 7) is 2.15. The van der Waals surface area contributed by atoms with Gasteiger partial charge in [0.25, 0.3) is 5.91 Å². The highest BCUT2D eigenvalue weighted by molar-refractivity contribution is 7.15. The number of rotatable bonds is 5. The van der Waals surface area contributed by atoms with Crippen molar-refractivity contribution < 1.29 is 22.4 Å². The molecule has 28 heavy (non-hydrogen) atoms. The molecule has 1 N–H and O–H groups in total. The minimum atomic E-state index is -4.43. The zero-order chi connectivity index (χ0) is 20.3. The molecule has 0 spiro atoms. The number of hydrogen-bond donors (Lipinski definition) is 1. The number of aryl methyl sites for hydroxylation is 1. The molecule has 1 amide bonds. The van der Waals surface area contributed by atoms with Gasteiger partial charge in [-0.2, -0.15) is 13.2 Å². The van der Waals surface area contributed by atoms with Crippen molar-refractivity contribution in [2.45, 2.75) is 19.5 Å². The largest absolute Gasteiger partial charge is 0.416 e. The van der Waals surface area contributed by atoms with Crippen LogP contribution in [0.2, 0.25) is 0 Å². The zero-order valence-electron chi connectivity index (χ0n) is 14.8. The van der Waals surface area contributed by atoms with Crippen molar-refractivity contribution in [3.63, 3.8) is 0 Å². The van der Waals surface area contributed by atoms with Crippen LogP contribution in [0, 0.1) is 12.7 Å². The van der Waals surface area contributed by atoms with Crippen molar-refractivity contribution in [3.8, 4) is 10.6 Å². The molecule has 8 heteroatoms. The molecule has 0 aliphatic heterocycles. The average Bonchev–Trinajstić information content (AvgIpc) is 3.02. The number of carbonyl (C=O) groups excluding carboxylic acids is 1. The molecule has 0 aliphatic rings. The molecule has 0 saturated carbocycles. The summed E-state index contributed by atoms with van der Waals surface area (Å²) in [6.07, 6.45) is -3.91. The van der Waals surface area contributed by atoms with Crippen LogP contribution < -0.4 is 5.32 Å². The maximum absolute atomic E-state index is 13.4. The van der Waals surface area contributed by atoms with Gasteiger partial charge in [0.15, 0.2) is 0 Å². The first-order chi connectivity index (χ1) is 13.2. The van der Waals surface area contributed by atoms with Crippen molar-refractivity contribution in [2.75, 3.05) is 6.54 Å². The first-order valence-corrected chi connectivity index (χ1v) is 9.23. The maximum atomic E-state index is 13.4. The Labute approximate surface area is 163 Å². The molecule has 0 unspecified atom stereocenters. The third kappa shape index (κ3) is 4.75. The highest BCUT2D eigenvalue weighted by Gasteiger charge is 2.30. The third-order valence-corrected chi connectivity index (χ3v) is 5.34. The van der Waals surface area contributed by atoms with E-state index >= 15 is 0 Å². The number of amides is 1. The summed E-state index contributed by atoms with van der Waals surface area (Å²) >= 11 is 1.42. The van der Waals surface area contributed by atoms with Gasteiger partial charge in [-0.3, -0.25) is 4.79 Å². The Kier molecular flexibility index (Phi) is 5.79. The van der Waals surface area contributed by atoms with Crippen LogP contribution in [0.15, 0.2) is 48.5 Å². The molecule has 3 aromatic rings. The van der Waals surface area contributed by atoms with E-state index in [2.05, 4.69) is 10.3 Å². The van der Waals surface area contributed by atoms with E-state index in [1.165, 1.54) is 23.5 Å². The molecular formula is C20H16F4N2OS. The van der Waals surface area contributed by atoms with Crippen LogP contribution in [0.5, 0.6) is 0 Å². The van der Waals surface area contributed by atoms with E-state index in [1.807, 2.05) is 6.92 Å². The second-order valence-electron chi connectivity index (χ2n) is 6.12. The van der Waals surface area contributed by atoms with Crippen molar-refractivity contribution in [2.24, 2.45) is 0 Å². The van der Waals surface area contributed by atoms with Gasteiger partial charge >= 0.3 is 6.18 Å². The molecule has 0 radical (unpaired) electrons. The standard InChI is InChI=1S/C20H16F4N2OS/c1-12-17(28-19(26-12)14-3-2-4-16(21)11-14)9-10-25-18(27)13-5-7-15(8-6-13)20(22,23)24/h2-8,11H,9-10H2,1H3,(H,25,27). The van der Waals surface area contributed by atoms with Gasteiger partial charge in [0.1, 0.15) is 10.8 Å². The molecule has 0 bridgehead atoms. The van der Waals surface area contributed by atoms with Crippen molar-refractivity contribution in [1.29, 1.82) is 0 Å². The van der Waals surface area contributed by atoms with Gasteiger partial charge in [-0.25, -0.2) is 9.37 Å². The van der Waals surface area contributed by atoms with E-state index in [0.29, 0.717) is 23.5 Å². The van der Waals surface area contributed by atoms with Crippen LogP contribution in [-0.2, 0) is 12.6 Å². The van der Waals surface area contributed by atoms with Crippen LogP contribution in [0.25, 0.3) is 10.6 Å². The van der Waals surface area contributed by atoms with Gasteiger partial charge < -0.3 is 5.32 Å². The van der Waals surface area contributed by atoms with Crippen molar-refractivity contribution >= 4 is 17.2 Å². The summed E-state index contributed by atoms with van der Waals surface area (Å²) in [5.74, 6) is -0.781. The molecule has 0 fully saturated rings. The highest BCUT2D eigenvalue weighted by Crippen LogP contribution is 2.29. The van der Waals surface area contributed by atoms with Gasteiger partial charge in [0, 0.05) is 29.0 Å². The lowest BCUT2D eigenvalue weighted by molar-refractivity contribution is -0.137. The van der Waals surface area contributed by atoms with Crippen molar-refractivity contribution in [1.82, 2.24) is 10.3 Å². The number of aromatic nitrogens is 1. The molecule has 0 atom stereocenters. The summed E-state index contributed by atoms with van der Waals surface area (Å²) in [5, 5.41) is 3.39. The van der Waals surface area contributed by atoms with Gasteiger partial charge in [-0.15, -0.1) is 11.3 Å². The fraction of sp³-hybridized carbons (Fsp3) is 0.200. The predicted octanol–water partition coefficient (Wildman–Crippen LogP) is 5.25. The molecule has 1 aromatic heterocycles. The Balaban J connectivity index is 1.60. The predicted molar refractivity (Wildman–Crippen MR) is 99.7 cm³/mol. The number of hydrogen-bond acceptors (Lipinski definition) is 3. The minimum absolute atomic E-state index is 0.162. The summed E-state index contributed by atoms with van der Waals surface area (Å²) < 4.78 is 51.1. The van der Waals surface area contributed by atoms with Gasteiger partial charge in [-0.1, -0.05) is 12.1 Å². The summed E-state index contributed by atoms with van der Waals surface area (Å²) in [6, 6.07) is 10.2. The number of thiazole rings is 1. The number of carbonyl (C=O) groups is 1. The molecule has 3 nitrogen and oxygen atoms in total. The van der Waals surface area contributed by atoms with Gasteiger partial charge in [0.2, 0.25) is 0 Å². The lowest BCUT2D eigenvalue weighted by Crippen LogP contribution is -2.25. The second kappa shape index (κ2) is 8.10. The Morgan fingerprint density at radius 3 is 2.50 bits per heavy atom. The average molecular weight is 408 g/mol. The summed E-state index contributed by atoms with van der Waals surface area (Å²) in [7, 11) is 0. The fourth-order valence-electron chi connectivity index (χ4n) is 2.61. The summed E-state index contributed by atoms with van der Waals surface area (Å²) in [4.78, 5) is 17.5. The first-order valence-electron chi connectivity index (χ1n) is 8.42. The number of alkyl halides is 3. The number of nitrogens with zero attached hydrogens (tertiary/aromatic N) is 1. The maximum Gasteiger partial charge on any atom is 0.416 e. The normalized spacial score (nSPS) is 11.5. The molecule has 2 aromatic carbocycles. The van der Waals surface area contributed by atoms with E-state index in [1.54, 1.807) is 12.1 Å². The topological polar surface area (TPSA) is 42.0 Å². The molecule has 3 rings (SSSR count). The zero-order valence-corrected chi connectivity index (χ0v) is 15.6. The Morgan fingerprint density at radius 1 is 1.14 bits per heavy atom. The Morgan fingerprint density at radius 2 is 1.86 bits per heavy atom. The van der Waals surface area contributed by atoms with E-state index in [4.69, 9.17) is 0 Å². The highest BCUT2D eigenvalue weighted by atomic mass is 32.1. The molecule has 146 valence electrons. The molecule has 1 heterocycles. The summed E-state index contributed by atoms with van der Waals surface area (Å²) in [5.41, 5.74) is 0.852. The van der Waals surface area contributed by atoms with Crippen LogP contribution in [0.4, 0.5) is 17.6 Å². The first kappa shape index (κ1) is 20.0. The smallest absolute Gasteiger partial charge is 0.352 e. The Hall–Kier alpha value is -2.74. The SMILES string of the molecule is Cc1nc(-c2cccc(F)c2)sc1CCNC(=O)c1ccc(C(F)(F)F)cc1. The van der Waals surface area contributed by atoms with Crippen LogP contribution in [-0.4, -0.2) is 17.4 Å². The van der Waals surface area contributed by atoms with Gasteiger partial charge in [-0.05, 0) is 43.3 Å². The van der Waals surface area contributed by atoms with Crippen LogP contribution in [0.3, 0.4) is 0 Å². The Bertz CT molecular complexity index is 981. The van der Waals surface area contributed by atoms with Gasteiger partial charge in [0.05, 0.1) is 11.3 Å². The quantitative estimate of drug-likeness (QED) is 0.586. The van der Waals surface area contributed by atoms with Crippen LogP contribution >= 0.6 is 11.3 Å². The lowest BCUT2D eigenvalue weighted by atomic mass is 10.1. The third-order valence-electron chi connectivity index (χ3n) is 4.08. The van der Waals surface area contributed by atoms with Crippen LogP contribution in [0.1, 0.15) is 26.5 Å². The molecule has 0 aliphatic carbocycles. The molecule has 0 saturated heterocycles. The molecular weight excluding hydrogens is 392 g/mol. The second-order valence-corrected chi connectivity index (χ2v) is 7.20. The lowest BCUT2D eigenvalue weighted by Gasteiger charge is -2.08. The number of halogens is 4. The van der Waals surface area contributed by atoms with E-state index in [9.17, 15) is 22.4 Å². The fourth-order valence-corrected chi connectivity index (χ4v) is 3.67. The van der Waals surface area contributed by atoms with E-state index in [-0.39, 0.29) is 11.4 Å². The number of benzene rings is 2. The monoisotopic (exact) mass is 408 g/mol. The minimum Gasteiger partial charge on any atom is -0.352 e.